The molecule has 1 aliphatic heterocycles. The van der Waals surface area contributed by atoms with Gasteiger partial charge in [-0.25, -0.2) is 13.1 Å². The Morgan fingerprint density at radius 3 is 3.00 bits per heavy atom. The third-order valence-corrected chi connectivity index (χ3v) is 4.07. The van der Waals surface area contributed by atoms with E-state index in [1.807, 2.05) is 0 Å². The number of hydrazine groups is 1. The molecule has 0 amide bonds. The van der Waals surface area contributed by atoms with Crippen molar-refractivity contribution >= 4 is 15.7 Å². The highest BCUT2D eigenvalue weighted by Crippen LogP contribution is 2.18. The summed E-state index contributed by atoms with van der Waals surface area (Å²) in [4.78, 5) is 3.78. The van der Waals surface area contributed by atoms with Crippen molar-refractivity contribution in [2.45, 2.75) is 11.0 Å². The molecule has 8 nitrogen and oxygen atoms in total. The van der Waals surface area contributed by atoms with Gasteiger partial charge in [-0.2, -0.15) is 0 Å². The second kappa shape index (κ2) is 6.26. The lowest BCUT2D eigenvalue weighted by molar-refractivity contribution is -0.0846. The number of hydrogen-bond acceptors (Lipinski definition) is 7. The second-order valence-electron chi connectivity index (χ2n) is 3.94. The molecule has 0 aromatic carbocycles. The molecule has 4 N–H and O–H groups in total. The van der Waals surface area contributed by atoms with E-state index in [4.69, 9.17) is 15.3 Å². The molecule has 9 heteroatoms. The van der Waals surface area contributed by atoms with Crippen molar-refractivity contribution in [3.8, 4) is 0 Å². The van der Waals surface area contributed by atoms with Crippen LogP contribution in [0.4, 0.5) is 5.69 Å². The number of aromatic nitrogens is 1. The number of nitrogens with zero attached hydrogens (tertiary/aromatic N) is 1. The maximum atomic E-state index is 12.1. The molecule has 19 heavy (non-hydrogen) atoms. The number of nitrogen functional groups attached to an aromatic ring is 1. The zero-order valence-electron chi connectivity index (χ0n) is 10.2. The molecule has 1 saturated heterocycles. The highest BCUT2D eigenvalue weighted by Gasteiger charge is 2.22. The van der Waals surface area contributed by atoms with Crippen LogP contribution in [-0.2, 0) is 19.5 Å². The minimum Gasteiger partial charge on any atom is -0.376 e. The molecule has 0 spiro atoms. The van der Waals surface area contributed by atoms with E-state index in [9.17, 15) is 8.42 Å². The highest BCUT2D eigenvalue weighted by molar-refractivity contribution is 7.89. The summed E-state index contributed by atoms with van der Waals surface area (Å²) in [5.41, 5.74) is 2.61. The minimum atomic E-state index is -3.69. The van der Waals surface area contributed by atoms with Gasteiger partial charge in [0.25, 0.3) is 0 Å². The van der Waals surface area contributed by atoms with Crippen molar-refractivity contribution in [3.63, 3.8) is 0 Å². The van der Waals surface area contributed by atoms with Gasteiger partial charge < -0.3 is 14.9 Å². The molecule has 1 unspecified atom stereocenters. The SMILES string of the molecule is NNc1ccncc1S(=O)(=O)NCC1COCCO1. The molecular weight excluding hydrogens is 272 g/mol. The Hall–Kier alpha value is -1.26. The van der Waals surface area contributed by atoms with E-state index in [1.54, 1.807) is 0 Å². The van der Waals surface area contributed by atoms with Gasteiger partial charge in [0.2, 0.25) is 10.0 Å². The van der Waals surface area contributed by atoms with E-state index in [-0.39, 0.29) is 23.2 Å². The van der Waals surface area contributed by atoms with Crippen molar-refractivity contribution in [2.24, 2.45) is 5.84 Å². The summed E-state index contributed by atoms with van der Waals surface area (Å²) in [5.74, 6) is 5.27. The summed E-state index contributed by atoms with van der Waals surface area (Å²) < 4.78 is 37.2. The van der Waals surface area contributed by atoms with Gasteiger partial charge in [-0.15, -0.1) is 0 Å². The lowest BCUT2D eigenvalue weighted by atomic mass is 10.3. The fourth-order valence-electron chi connectivity index (χ4n) is 1.65. The molecule has 1 fully saturated rings. The predicted molar refractivity (Wildman–Crippen MR) is 67.8 cm³/mol. The Bertz CT molecular complexity index is 516. The van der Waals surface area contributed by atoms with Gasteiger partial charge >= 0.3 is 0 Å². The molecule has 0 aliphatic carbocycles. The van der Waals surface area contributed by atoms with Gasteiger partial charge in [0.1, 0.15) is 4.90 Å². The first-order chi connectivity index (χ1) is 9.13. The first-order valence-electron chi connectivity index (χ1n) is 5.73. The summed E-state index contributed by atoms with van der Waals surface area (Å²) in [6.07, 6.45) is 2.40. The topological polar surface area (TPSA) is 116 Å². The molecule has 106 valence electrons. The van der Waals surface area contributed by atoms with Crippen molar-refractivity contribution < 1.29 is 17.9 Å². The molecule has 0 bridgehead atoms. The first kappa shape index (κ1) is 14.2. The van der Waals surface area contributed by atoms with Crippen LogP contribution in [-0.4, -0.2) is 45.9 Å². The monoisotopic (exact) mass is 288 g/mol. The van der Waals surface area contributed by atoms with E-state index in [0.717, 1.165) is 0 Å². The van der Waals surface area contributed by atoms with Gasteiger partial charge in [-0.1, -0.05) is 0 Å². The summed E-state index contributed by atoms with van der Waals surface area (Å²) in [5, 5.41) is 0. The number of rotatable bonds is 5. The lowest BCUT2D eigenvalue weighted by Crippen LogP contribution is -2.39. The Kier molecular flexibility index (Phi) is 4.66. The Morgan fingerprint density at radius 2 is 2.32 bits per heavy atom. The van der Waals surface area contributed by atoms with Gasteiger partial charge in [-0.3, -0.25) is 10.8 Å². The standard InChI is InChI=1S/C10H16N4O4S/c11-14-9-1-2-12-6-10(9)19(15,16)13-5-8-7-17-3-4-18-8/h1-2,6,8,13H,3-5,7,11H2,(H,12,14). The predicted octanol–water partition coefficient (Wildman–Crippen LogP) is -0.939. The van der Waals surface area contributed by atoms with Crippen LogP contribution >= 0.6 is 0 Å². The quantitative estimate of drug-likeness (QED) is 0.473. The lowest BCUT2D eigenvalue weighted by Gasteiger charge is -2.23. The molecule has 1 aromatic heterocycles. The van der Waals surface area contributed by atoms with E-state index in [2.05, 4.69) is 15.1 Å². The summed E-state index contributed by atoms with van der Waals surface area (Å²) in [7, 11) is -3.69. The molecule has 1 aliphatic rings. The third kappa shape index (κ3) is 3.61. The molecule has 0 radical (unpaired) electrons. The fraction of sp³-hybridized carbons (Fsp3) is 0.500. The van der Waals surface area contributed by atoms with Crippen molar-refractivity contribution in [1.82, 2.24) is 9.71 Å². The van der Waals surface area contributed by atoms with Crippen LogP contribution in [0.5, 0.6) is 0 Å². The van der Waals surface area contributed by atoms with Crippen molar-refractivity contribution in [3.05, 3.63) is 18.5 Å². The first-order valence-corrected chi connectivity index (χ1v) is 7.21. The van der Waals surface area contributed by atoms with Crippen LogP contribution in [0.1, 0.15) is 0 Å². The number of sulfonamides is 1. The number of nitrogens with two attached hydrogens (primary N) is 1. The Morgan fingerprint density at radius 1 is 1.47 bits per heavy atom. The van der Waals surface area contributed by atoms with Crippen molar-refractivity contribution in [1.29, 1.82) is 0 Å². The van der Waals surface area contributed by atoms with Crippen LogP contribution < -0.4 is 16.0 Å². The Balaban J connectivity index is 2.05. The molecule has 2 rings (SSSR count). The van der Waals surface area contributed by atoms with E-state index < -0.39 is 10.0 Å². The molecule has 1 aromatic rings. The third-order valence-electron chi connectivity index (χ3n) is 2.62. The molecule has 2 heterocycles. The Labute approximate surface area is 111 Å². The van der Waals surface area contributed by atoms with Gasteiger partial charge in [0.15, 0.2) is 0 Å². The minimum absolute atomic E-state index is 0.00534. The fourth-order valence-corrected chi connectivity index (χ4v) is 2.83. The average molecular weight is 288 g/mol. The van der Waals surface area contributed by atoms with E-state index in [0.29, 0.717) is 19.8 Å². The molecule has 1 atom stereocenters. The maximum absolute atomic E-state index is 12.1. The van der Waals surface area contributed by atoms with E-state index in [1.165, 1.54) is 18.5 Å². The van der Waals surface area contributed by atoms with Crippen LogP contribution in [0.3, 0.4) is 0 Å². The molecular formula is C10H16N4O4S. The number of nitrogens with one attached hydrogen (secondary N) is 2. The van der Waals surface area contributed by atoms with Crippen LogP contribution in [0.15, 0.2) is 23.4 Å². The zero-order chi connectivity index (χ0) is 13.7. The number of ether oxygens (including phenoxy) is 2. The average Bonchev–Trinajstić information content (AvgIpc) is 2.46. The number of pyridine rings is 1. The summed E-state index contributed by atoms with van der Waals surface area (Å²) >= 11 is 0. The summed E-state index contributed by atoms with van der Waals surface area (Å²) in [6.45, 7) is 1.51. The van der Waals surface area contributed by atoms with Gasteiger partial charge in [0, 0.05) is 18.9 Å². The highest BCUT2D eigenvalue weighted by atomic mass is 32.2. The van der Waals surface area contributed by atoms with E-state index >= 15 is 0 Å². The smallest absolute Gasteiger partial charge is 0.244 e. The molecule has 0 saturated carbocycles. The normalized spacial score (nSPS) is 20.2. The second-order valence-corrected chi connectivity index (χ2v) is 5.67. The van der Waals surface area contributed by atoms with Crippen LogP contribution in [0, 0.1) is 0 Å². The van der Waals surface area contributed by atoms with Gasteiger partial charge in [-0.05, 0) is 6.07 Å². The van der Waals surface area contributed by atoms with Crippen LogP contribution in [0.2, 0.25) is 0 Å². The maximum Gasteiger partial charge on any atom is 0.244 e. The summed E-state index contributed by atoms with van der Waals surface area (Å²) in [6, 6.07) is 1.48. The van der Waals surface area contributed by atoms with Crippen molar-refractivity contribution in [2.75, 3.05) is 31.8 Å². The zero-order valence-corrected chi connectivity index (χ0v) is 11.0. The largest absolute Gasteiger partial charge is 0.376 e. The number of hydrogen-bond donors (Lipinski definition) is 3. The van der Waals surface area contributed by atoms with Gasteiger partial charge in [0.05, 0.1) is 31.6 Å². The van der Waals surface area contributed by atoms with Crippen LogP contribution in [0.25, 0.3) is 0 Å². The number of anilines is 1.